The summed E-state index contributed by atoms with van der Waals surface area (Å²) in [4.78, 5) is 15.2. The van der Waals surface area contributed by atoms with Gasteiger partial charge in [0.25, 0.3) is 5.91 Å². The number of nitrogens with zero attached hydrogens (tertiary/aromatic N) is 1. The molecule has 0 aliphatic heterocycles. The van der Waals surface area contributed by atoms with Crippen LogP contribution in [0, 0.1) is 0 Å². The Kier molecular flexibility index (Phi) is 9.36. The van der Waals surface area contributed by atoms with Gasteiger partial charge in [-0.15, -0.1) is 0 Å². The molecule has 162 valence electrons. The normalized spacial score (nSPS) is 11.3. The molecule has 7 nitrogen and oxygen atoms in total. The predicted molar refractivity (Wildman–Crippen MR) is 111 cm³/mol. The molecule has 9 heteroatoms. The quantitative estimate of drug-likeness (QED) is 0.383. The first-order valence-electron chi connectivity index (χ1n) is 9.53. The molecule has 0 aromatic heterocycles. The Morgan fingerprint density at radius 3 is 2.53 bits per heavy atom. The summed E-state index contributed by atoms with van der Waals surface area (Å²) in [6.45, 7) is 0.374. The number of hydrogen-bond donors (Lipinski definition) is 3. The average molecular weight is 420 g/mol. The number of halogens is 2. The van der Waals surface area contributed by atoms with E-state index in [0.717, 1.165) is 12.0 Å². The number of hydrogen-bond acceptors (Lipinski definition) is 4. The van der Waals surface area contributed by atoms with Crippen molar-refractivity contribution in [2.75, 3.05) is 19.7 Å². The molecule has 0 radical (unpaired) electrons. The Morgan fingerprint density at radius 2 is 1.87 bits per heavy atom. The van der Waals surface area contributed by atoms with E-state index in [1.165, 1.54) is 6.07 Å². The molecule has 0 atom stereocenters. The van der Waals surface area contributed by atoms with Crippen molar-refractivity contribution < 1.29 is 23.0 Å². The second kappa shape index (κ2) is 12.3. The van der Waals surface area contributed by atoms with Gasteiger partial charge in [0, 0.05) is 18.7 Å². The molecule has 0 fully saturated rings. The number of rotatable bonds is 11. The van der Waals surface area contributed by atoms with Crippen molar-refractivity contribution >= 4 is 11.9 Å². The summed E-state index contributed by atoms with van der Waals surface area (Å²) < 4.78 is 34.8. The standard InChI is InChI=1S/C21H26F2N4O3/c1-2-25-21(27-13-16-5-3-4-6-18(16)30-20(22)23)26-12-11-15-7-9-17(10-8-15)29-14-19(24)28/h3-10,20H,2,11-14H2,1H3,(H2,24,28)(H2,25,26,27). The number of ether oxygens (including phenoxy) is 2. The monoisotopic (exact) mass is 420 g/mol. The number of aliphatic imine (C=N–C) groups is 1. The highest BCUT2D eigenvalue weighted by Crippen LogP contribution is 2.21. The Labute approximate surface area is 174 Å². The van der Waals surface area contributed by atoms with Gasteiger partial charge in [-0.3, -0.25) is 4.79 Å². The molecule has 0 heterocycles. The summed E-state index contributed by atoms with van der Waals surface area (Å²) in [6.07, 6.45) is 0.728. The molecular formula is C21H26F2N4O3. The molecular weight excluding hydrogens is 394 g/mol. The van der Waals surface area contributed by atoms with Gasteiger partial charge in [0.15, 0.2) is 12.6 Å². The number of nitrogens with one attached hydrogen (secondary N) is 2. The SMILES string of the molecule is CCNC(=NCc1ccccc1OC(F)F)NCCc1ccc(OCC(N)=O)cc1. The van der Waals surface area contributed by atoms with Crippen LogP contribution >= 0.6 is 0 Å². The zero-order valence-corrected chi connectivity index (χ0v) is 16.7. The first kappa shape index (κ1) is 22.9. The number of alkyl halides is 2. The van der Waals surface area contributed by atoms with Gasteiger partial charge >= 0.3 is 6.61 Å². The fraction of sp³-hybridized carbons (Fsp3) is 0.333. The third-order valence-electron chi connectivity index (χ3n) is 3.95. The molecule has 0 spiro atoms. The highest BCUT2D eigenvalue weighted by Gasteiger charge is 2.09. The largest absolute Gasteiger partial charge is 0.484 e. The van der Waals surface area contributed by atoms with Crippen molar-refractivity contribution in [3.63, 3.8) is 0 Å². The molecule has 0 aliphatic rings. The zero-order valence-electron chi connectivity index (χ0n) is 16.7. The van der Waals surface area contributed by atoms with Crippen LogP contribution in [0.1, 0.15) is 18.1 Å². The van der Waals surface area contributed by atoms with Gasteiger partial charge in [0.2, 0.25) is 0 Å². The van der Waals surface area contributed by atoms with Crippen molar-refractivity contribution in [3.05, 3.63) is 59.7 Å². The van der Waals surface area contributed by atoms with Crippen molar-refractivity contribution in [1.82, 2.24) is 10.6 Å². The summed E-state index contributed by atoms with van der Waals surface area (Å²) in [5.74, 6) is 0.739. The summed E-state index contributed by atoms with van der Waals surface area (Å²) in [5, 5.41) is 6.33. The summed E-state index contributed by atoms with van der Waals surface area (Å²) >= 11 is 0. The third-order valence-corrected chi connectivity index (χ3v) is 3.95. The molecule has 30 heavy (non-hydrogen) atoms. The number of para-hydroxylation sites is 1. The van der Waals surface area contributed by atoms with Gasteiger partial charge in [0.1, 0.15) is 11.5 Å². The van der Waals surface area contributed by atoms with E-state index < -0.39 is 12.5 Å². The Bertz CT molecular complexity index is 829. The first-order chi connectivity index (χ1) is 14.5. The molecule has 2 aromatic rings. The average Bonchev–Trinajstić information content (AvgIpc) is 2.72. The number of carbonyl (C=O) groups excluding carboxylic acids is 1. The van der Waals surface area contributed by atoms with Crippen molar-refractivity contribution in [3.8, 4) is 11.5 Å². The van der Waals surface area contributed by atoms with Crippen LogP contribution in [0.4, 0.5) is 8.78 Å². The molecule has 1 amide bonds. The lowest BCUT2D eigenvalue weighted by molar-refractivity contribution is -0.119. The van der Waals surface area contributed by atoms with Crippen molar-refractivity contribution in [2.45, 2.75) is 26.5 Å². The van der Waals surface area contributed by atoms with Crippen LogP contribution in [0.15, 0.2) is 53.5 Å². The van der Waals surface area contributed by atoms with Crippen LogP contribution < -0.4 is 25.8 Å². The molecule has 2 aromatic carbocycles. The van der Waals surface area contributed by atoms with Crippen LogP contribution in [-0.2, 0) is 17.8 Å². The smallest absolute Gasteiger partial charge is 0.387 e. The van der Waals surface area contributed by atoms with Gasteiger partial charge in [-0.2, -0.15) is 8.78 Å². The second-order valence-corrected chi connectivity index (χ2v) is 6.26. The minimum absolute atomic E-state index is 0.116. The van der Waals surface area contributed by atoms with E-state index in [9.17, 15) is 13.6 Å². The van der Waals surface area contributed by atoms with E-state index in [0.29, 0.717) is 30.4 Å². The highest BCUT2D eigenvalue weighted by molar-refractivity contribution is 5.79. The molecule has 0 unspecified atom stereocenters. The molecule has 0 aliphatic carbocycles. The van der Waals surface area contributed by atoms with Gasteiger partial charge in [-0.05, 0) is 37.1 Å². The molecule has 0 saturated carbocycles. The van der Waals surface area contributed by atoms with Crippen LogP contribution in [0.25, 0.3) is 0 Å². The van der Waals surface area contributed by atoms with E-state index in [1.54, 1.807) is 30.3 Å². The zero-order chi connectivity index (χ0) is 21.8. The summed E-state index contributed by atoms with van der Waals surface area (Å²) in [7, 11) is 0. The second-order valence-electron chi connectivity index (χ2n) is 6.26. The number of guanidine groups is 1. The van der Waals surface area contributed by atoms with Crippen molar-refractivity contribution in [1.29, 1.82) is 0 Å². The van der Waals surface area contributed by atoms with Crippen LogP contribution in [0.2, 0.25) is 0 Å². The number of amides is 1. The molecule has 0 bridgehead atoms. The van der Waals surface area contributed by atoms with E-state index >= 15 is 0 Å². The van der Waals surface area contributed by atoms with E-state index in [-0.39, 0.29) is 18.9 Å². The fourth-order valence-electron chi connectivity index (χ4n) is 2.58. The summed E-state index contributed by atoms with van der Waals surface area (Å²) in [6, 6.07) is 13.9. The van der Waals surface area contributed by atoms with E-state index in [4.69, 9.17) is 10.5 Å². The highest BCUT2D eigenvalue weighted by atomic mass is 19.3. The van der Waals surface area contributed by atoms with Gasteiger partial charge in [-0.1, -0.05) is 30.3 Å². The minimum atomic E-state index is -2.88. The Balaban J connectivity index is 1.89. The number of primary amides is 1. The van der Waals surface area contributed by atoms with Crippen LogP contribution in [0.5, 0.6) is 11.5 Å². The van der Waals surface area contributed by atoms with Gasteiger partial charge in [-0.25, -0.2) is 4.99 Å². The Morgan fingerprint density at radius 1 is 1.13 bits per heavy atom. The molecule has 2 rings (SSSR count). The maximum Gasteiger partial charge on any atom is 0.387 e. The molecule has 4 N–H and O–H groups in total. The molecule has 0 saturated heterocycles. The minimum Gasteiger partial charge on any atom is -0.484 e. The van der Waals surface area contributed by atoms with Gasteiger partial charge in [0.05, 0.1) is 6.54 Å². The van der Waals surface area contributed by atoms with Crippen LogP contribution in [0.3, 0.4) is 0 Å². The van der Waals surface area contributed by atoms with Gasteiger partial charge < -0.3 is 25.8 Å². The Hall–Kier alpha value is -3.36. The lowest BCUT2D eigenvalue weighted by Gasteiger charge is -2.13. The fourth-order valence-corrected chi connectivity index (χ4v) is 2.58. The maximum absolute atomic E-state index is 12.5. The van der Waals surface area contributed by atoms with E-state index in [1.807, 2.05) is 19.1 Å². The lowest BCUT2D eigenvalue weighted by atomic mass is 10.1. The lowest BCUT2D eigenvalue weighted by Crippen LogP contribution is -2.38. The maximum atomic E-state index is 12.5. The number of nitrogens with two attached hydrogens (primary N) is 1. The van der Waals surface area contributed by atoms with Crippen LogP contribution in [-0.4, -0.2) is 38.2 Å². The number of carbonyl (C=O) groups is 1. The third kappa shape index (κ3) is 8.34. The van der Waals surface area contributed by atoms with Crippen molar-refractivity contribution in [2.24, 2.45) is 10.7 Å². The predicted octanol–water partition coefficient (Wildman–Crippen LogP) is 2.45. The topological polar surface area (TPSA) is 98.0 Å². The van der Waals surface area contributed by atoms with E-state index in [2.05, 4.69) is 20.4 Å². The number of benzene rings is 2. The summed E-state index contributed by atoms with van der Waals surface area (Å²) in [5.41, 5.74) is 6.69. The first-order valence-corrected chi connectivity index (χ1v) is 9.53.